The fraction of sp³-hybridized carbons (Fsp3) is 0.429. The number of hydrogen-bond acceptors (Lipinski definition) is 3. The van der Waals surface area contributed by atoms with Crippen molar-refractivity contribution in [3.63, 3.8) is 0 Å². The van der Waals surface area contributed by atoms with E-state index in [1.54, 1.807) is 19.1 Å². The number of amides is 2. The van der Waals surface area contributed by atoms with Crippen molar-refractivity contribution in [3.05, 3.63) is 35.4 Å². The summed E-state index contributed by atoms with van der Waals surface area (Å²) in [4.78, 5) is 23.3. The minimum Gasteiger partial charge on any atom is -0.363 e. The molecule has 0 aromatic heterocycles. The van der Waals surface area contributed by atoms with Crippen LogP contribution in [0.3, 0.4) is 0 Å². The van der Waals surface area contributed by atoms with Gasteiger partial charge < -0.3 is 15.7 Å². The molecule has 3 N–H and O–H groups in total. The smallest absolute Gasteiger partial charge is 0.363 e. The van der Waals surface area contributed by atoms with Crippen molar-refractivity contribution in [1.29, 1.82) is 0 Å². The summed E-state index contributed by atoms with van der Waals surface area (Å²) >= 11 is 0. The highest BCUT2D eigenvalue weighted by Gasteiger charge is 2.65. The van der Waals surface area contributed by atoms with Gasteiger partial charge in [-0.05, 0) is 19.4 Å². The number of urea groups is 1. The van der Waals surface area contributed by atoms with Gasteiger partial charge in [-0.2, -0.15) is 13.2 Å². The number of benzene rings is 1. The third-order valence-electron chi connectivity index (χ3n) is 3.68. The van der Waals surface area contributed by atoms with Gasteiger partial charge in [-0.15, -0.1) is 0 Å². The summed E-state index contributed by atoms with van der Waals surface area (Å²) in [5.74, 6) is -2.79. The molecule has 0 saturated carbocycles. The quantitative estimate of drug-likeness (QED) is 0.778. The summed E-state index contributed by atoms with van der Waals surface area (Å²) in [5, 5.41) is 13.7. The van der Waals surface area contributed by atoms with Gasteiger partial charge in [-0.3, -0.25) is 4.79 Å². The Morgan fingerprint density at radius 3 is 2.27 bits per heavy atom. The molecule has 0 radical (unpaired) electrons. The SMILES string of the molecule is CC(=O)[C@H]1[C@@H](c2ccc(C)cc2)NC(=O)N[C@@]1(O)C(F)(F)F. The number of Topliss-reactive ketones (excluding diaryl/α,β-unsaturated/α-hetero) is 1. The van der Waals surface area contributed by atoms with E-state index in [0.717, 1.165) is 12.5 Å². The van der Waals surface area contributed by atoms with Crippen LogP contribution in [0, 0.1) is 12.8 Å². The highest BCUT2D eigenvalue weighted by Crippen LogP contribution is 2.42. The normalized spacial score (nSPS) is 28.7. The maximum atomic E-state index is 13.2. The van der Waals surface area contributed by atoms with Gasteiger partial charge in [0.05, 0.1) is 12.0 Å². The largest absolute Gasteiger partial charge is 0.437 e. The molecule has 0 spiro atoms. The number of ketones is 1. The molecule has 1 aliphatic rings. The van der Waals surface area contributed by atoms with Crippen molar-refractivity contribution < 1.29 is 27.9 Å². The van der Waals surface area contributed by atoms with Crippen LogP contribution in [0.1, 0.15) is 24.1 Å². The maximum absolute atomic E-state index is 13.2. The molecule has 1 fully saturated rings. The van der Waals surface area contributed by atoms with Crippen molar-refractivity contribution in [1.82, 2.24) is 10.6 Å². The first kappa shape index (κ1) is 16.3. The Kier molecular flexibility index (Phi) is 3.90. The van der Waals surface area contributed by atoms with Crippen molar-refractivity contribution >= 4 is 11.8 Å². The van der Waals surface area contributed by atoms with E-state index >= 15 is 0 Å². The molecule has 3 atom stereocenters. The van der Waals surface area contributed by atoms with Crippen LogP contribution in [0.15, 0.2) is 24.3 Å². The van der Waals surface area contributed by atoms with E-state index < -0.39 is 35.7 Å². The number of carbonyl (C=O) groups is 2. The highest BCUT2D eigenvalue weighted by atomic mass is 19.4. The molecular weight excluding hydrogens is 301 g/mol. The first-order valence-electron chi connectivity index (χ1n) is 6.51. The lowest BCUT2D eigenvalue weighted by Crippen LogP contribution is -2.72. The number of rotatable bonds is 2. The molecule has 1 saturated heterocycles. The zero-order chi connectivity index (χ0) is 16.7. The molecule has 120 valence electrons. The number of aliphatic hydroxyl groups is 1. The second-order valence-corrected chi connectivity index (χ2v) is 5.34. The Hall–Kier alpha value is -2.09. The molecule has 0 unspecified atom stereocenters. The van der Waals surface area contributed by atoms with Gasteiger partial charge in [0.1, 0.15) is 5.78 Å². The Bertz CT molecular complexity index is 600. The molecule has 2 amide bonds. The van der Waals surface area contributed by atoms with Crippen LogP contribution in [0.2, 0.25) is 0 Å². The van der Waals surface area contributed by atoms with Gasteiger partial charge in [0.2, 0.25) is 5.72 Å². The first-order valence-corrected chi connectivity index (χ1v) is 6.51. The number of carbonyl (C=O) groups excluding carboxylic acids is 2. The highest BCUT2D eigenvalue weighted by molar-refractivity contribution is 5.86. The molecule has 5 nitrogen and oxygen atoms in total. The lowest BCUT2D eigenvalue weighted by Gasteiger charge is -2.44. The van der Waals surface area contributed by atoms with Crippen LogP contribution in [0.4, 0.5) is 18.0 Å². The van der Waals surface area contributed by atoms with Crippen molar-refractivity contribution in [2.24, 2.45) is 5.92 Å². The van der Waals surface area contributed by atoms with E-state index in [1.807, 2.05) is 0 Å². The Labute approximate surface area is 124 Å². The predicted octanol–water partition coefficient (Wildman–Crippen LogP) is 1.81. The van der Waals surface area contributed by atoms with Crippen molar-refractivity contribution in [2.45, 2.75) is 31.8 Å². The van der Waals surface area contributed by atoms with Crippen molar-refractivity contribution in [2.75, 3.05) is 0 Å². The van der Waals surface area contributed by atoms with Gasteiger partial charge in [-0.1, -0.05) is 29.8 Å². The molecule has 1 aromatic carbocycles. The second kappa shape index (κ2) is 5.28. The third-order valence-corrected chi connectivity index (χ3v) is 3.68. The van der Waals surface area contributed by atoms with Gasteiger partial charge in [-0.25, -0.2) is 4.79 Å². The van der Waals surface area contributed by atoms with E-state index in [0.29, 0.717) is 5.56 Å². The lowest BCUT2D eigenvalue weighted by atomic mass is 9.79. The van der Waals surface area contributed by atoms with E-state index in [1.165, 1.54) is 17.4 Å². The summed E-state index contributed by atoms with van der Waals surface area (Å²) in [6, 6.07) is 3.85. The van der Waals surface area contributed by atoms with Gasteiger partial charge in [0.25, 0.3) is 0 Å². The zero-order valence-electron chi connectivity index (χ0n) is 11.9. The zero-order valence-corrected chi connectivity index (χ0v) is 11.9. The second-order valence-electron chi connectivity index (χ2n) is 5.34. The van der Waals surface area contributed by atoms with Gasteiger partial charge in [0, 0.05) is 0 Å². The van der Waals surface area contributed by atoms with Crippen LogP contribution in [0.5, 0.6) is 0 Å². The fourth-order valence-corrected chi connectivity index (χ4v) is 2.58. The monoisotopic (exact) mass is 316 g/mol. The number of halogens is 3. The summed E-state index contributed by atoms with van der Waals surface area (Å²) in [6.45, 7) is 2.74. The van der Waals surface area contributed by atoms with Crippen molar-refractivity contribution in [3.8, 4) is 0 Å². The molecular formula is C14H15F3N2O3. The molecule has 1 heterocycles. The number of nitrogens with one attached hydrogen (secondary N) is 2. The van der Waals surface area contributed by atoms with Gasteiger partial charge in [0.15, 0.2) is 0 Å². The molecule has 1 aromatic rings. The van der Waals surface area contributed by atoms with Gasteiger partial charge >= 0.3 is 12.2 Å². The Morgan fingerprint density at radius 2 is 1.82 bits per heavy atom. The molecule has 2 rings (SSSR count). The predicted molar refractivity (Wildman–Crippen MR) is 70.8 cm³/mol. The summed E-state index contributed by atoms with van der Waals surface area (Å²) in [5.41, 5.74) is -2.44. The van der Waals surface area contributed by atoms with Crippen LogP contribution in [-0.2, 0) is 4.79 Å². The number of hydrogen-bond donors (Lipinski definition) is 3. The lowest BCUT2D eigenvalue weighted by molar-refractivity contribution is -0.290. The van der Waals surface area contributed by atoms with Crippen LogP contribution in [0.25, 0.3) is 0 Å². The molecule has 8 heteroatoms. The minimum absolute atomic E-state index is 0.309. The van der Waals surface area contributed by atoms with Crippen LogP contribution < -0.4 is 10.6 Å². The summed E-state index contributed by atoms with van der Waals surface area (Å²) < 4.78 is 39.7. The van der Waals surface area contributed by atoms with Crippen LogP contribution in [-0.4, -0.2) is 28.8 Å². The molecule has 0 bridgehead atoms. The molecule has 1 aliphatic heterocycles. The Balaban J connectivity index is 2.54. The van der Waals surface area contributed by atoms with E-state index in [9.17, 15) is 27.9 Å². The average Bonchev–Trinajstić information content (AvgIpc) is 2.36. The molecule has 0 aliphatic carbocycles. The maximum Gasteiger partial charge on any atom is 0.437 e. The minimum atomic E-state index is -5.19. The fourth-order valence-electron chi connectivity index (χ4n) is 2.58. The number of alkyl halides is 3. The first-order chi connectivity index (χ1) is 10.1. The topological polar surface area (TPSA) is 78.4 Å². The average molecular weight is 316 g/mol. The van der Waals surface area contributed by atoms with E-state index in [-0.39, 0.29) is 0 Å². The van der Waals surface area contributed by atoms with E-state index in [4.69, 9.17) is 0 Å². The van der Waals surface area contributed by atoms with E-state index in [2.05, 4.69) is 5.32 Å². The number of aryl methyl sites for hydroxylation is 1. The Morgan fingerprint density at radius 1 is 1.27 bits per heavy atom. The standard InChI is InChI=1S/C14H15F3N2O3/c1-7-3-5-9(6-4-7)11-10(8(2)20)13(22,14(15,16)17)19-12(21)18-11/h3-6,10-11,22H,1-2H3,(H2,18,19,21)/t10-,11+,13-/m0/s1. The third kappa shape index (κ3) is 2.66. The molecule has 22 heavy (non-hydrogen) atoms. The summed E-state index contributed by atoms with van der Waals surface area (Å²) in [7, 11) is 0. The van der Waals surface area contributed by atoms with Crippen LogP contribution >= 0.6 is 0 Å². The summed E-state index contributed by atoms with van der Waals surface area (Å²) in [6.07, 6.45) is -5.19.